The molecule has 1 unspecified atom stereocenters. The van der Waals surface area contributed by atoms with Crippen molar-refractivity contribution in [3.63, 3.8) is 0 Å². The molecule has 0 spiro atoms. The summed E-state index contributed by atoms with van der Waals surface area (Å²) in [5, 5.41) is 11.3. The first-order chi connectivity index (χ1) is 8.54. The van der Waals surface area contributed by atoms with Gasteiger partial charge in [-0.1, -0.05) is 11.6 Å². The van der Waals surface area contributed by atoms with Gasteiger partial charge in [-0.05, 0) is 25.1 Å². The van der Waals surface area contributed by atoms with Crippen LogP contribution in [0.3, 0.4) is 0 Å². The molecule has 0 radical (unpaired) electrons. The van der Waals surface area contributed by atoms with E-state index in [9.17, 15) is 4.79 Å². The van der Waals surface area contributed by atoms with E-state index in [-0.39, 0.29) is 25.1 Å². The fourth-order valence-corrected chi connectivity index (χ4v) is 1.52. The largest absolute Gasteiger partial charge is 0.483 e. The van der Waals surface area contributed by atoms with Crippen molar-refractivity contribution in [2.24, 2.45) is 5.73 Å². The van der Waals surface area contributed by atoms with E-state index in [0.29, 0.717) is 10.8 Å². The Balaban J connectivity index is 2.67. The molecule has 0 saturated carbocycles. The van der Waals surface area contributed by atoms with Gasteiger partial charge in [0.25, 0.3) is 5.91 Å². The van der Waals surface area contributed by atoms with Crippen LogP contribution in [0.25, 0.3) is 0 Å². The van der Waals surface area contributed by atoms with Gasteiger partial charge in [-0.3, -0.25) is 4.79 Å². The molecule has 0 aliphatic rings. The third kappa shape index (κ3) is 4.24. The number of nitrogens with two attached hydrogens (primary N) is 1. The van der Waals surface area contributed by atoms with E-state index in [4.69, 9.17) is 27.3 Å². The third-order valence-corrected chi connectivity index (χ3v) is 2.42. The minimum Gasteiger partial charge on any atom is -0.483 e. The molecule has 1 aromatic rings. The molecule has 1 aromatic carbocycles. The number of carbonyl (C=O) groups is 1. The van der Waals surface area contributed by atoms with E-state index in [1.807, 2.05) is 6.07 Å². The highest BCUT2D eigenvalue weighted by Crippen LogP contribution is 2.27. The predicted octanol–water partition coefficient (Wildman–Crippen LogP) is 1.38. The number of nitriles is 1. The number of nitrogens with zero attached hydrogens (tertiary/aromatic N) is 1. The van der Waals surface area contributed by atoms with Crippen LogP contribution < -0.4 is 15.8 Å². The smallest absolute Gasteiger partial charge is 0.258 e. The van der Waals surface area contributed by atoms with Crippen LogP contribution in [0.5, 0.6) is 5.75 Å². The zero-order valence-corrected chi connectivity index (χ0v) is 10.7. The molecule has 1 atom stereocenters. The number of ether oxygens (including phenoxy) is 1. The summed E-state index contributed by atoms with van der Waals surface area (Å²) < 4.78 is 5.35. The number of benzene rings is 1. The van der Waals surface area contributed by atoms with Crippen LogP contribution in [0.15, 0.2) is 18.2 Å². The van der Waals surface area contributed by atoms with Crippen molar-refractivity contribution in [1.29, 1.82) is 5.26 Å². The van der Waals surface area contributed by atoms with Crippen molar-refractivity contribution in [1.82, 2.24) is 5.32 Å². The van der Waals surface area contributed by atoms with Crippen molar-refractivity contribution < 1.29 is 9.53 Å². The summed E-state index contributed by atoms with van der Waals surface area (Å²) in [7, 11) is 0. The zero-order chi connectivity index (χ0) is 13.5. The van der Waals surface area contributed by atoms with Crippen LogP contribution in [0, 0.1) is 11.3 Å². The monoisotopic (exact) mass is 267 g/mol. The molecule has 96 valence electrons. The predicted molar refractivity (Wildman–Crippen MR) is 68.2 cm³/mol. The molecule has 0 fully saturated rings. The molecular weight excluding hydrogens is 254 g/mol. The fourth-order valence-electron chi connectivity index (χ4n) is 1.34. The highest BCUT2D eigenvalue weighted by atomic mass is 35.5. The topological polar surface area (TPSA) is 88.1 Å². The number of rotatable bonds is 5. The molecule has 0 saturated heterocycles. The minimum atomic E-state index is -0.359. The number of amides is 1. The molecule has 1 rings (SSSR count). The molecule has 0 aliphatic carbocycles. The first kappa shape index (κ1) is 14.3. The molecule has 5 nitrogen and oxygen atoms in total. The SMILES string of the molecule is CC(N)c1cc(Cl)ccc1OCC(=O)NCC#N. The Morgan fingerprint density at radius 3 is 3.00 bits per heavy atom. The number of hydrogen-bond donors (Lipinski definition) is 2. The number of nitrogens with one attached hydrogen (secondary N) is 1. The van der Waals surface area contributed by atoms with Gasteiger partial charge >= 0.3 is 0 Å². The van der Waals surface area contributed by atoms with Crippen LogP contribution in [0.2, 0.25) is 5.02 Å². The van der Waals surface area contributed by atoms with Gasteiger partial charge in [0, 0.05) is 16.6 Å². The average Bonchev–Trinajstić information content (AvgIpc) is 2.34. The van der Waals surface area contributed by atoms with E-state index in [1.165, 1.54) is 0 Å². The summed E-state index contributed by atoms with van der Waals surface area (Å²) in [5.41, 5.74) is 6.52. The Bertz CT molecular complexity index is 469. The minimum absolute atomic E-state index is 0.0387. The Kier molecular flexibility index (Phi) is 5.43. The maximum absolute atomic E-state index is 11.3. The first-order valence-electron chi connectivity index (χ1n) is 5.36. The molecule has 0 aromatic heterocycles. The highest BCUT2D eigenvalue weighted by Gasteiger charge is 2.10. The summed E-state index contributed by atoms with van der Waals surface area (Å²) in [6, 6.07) is 6.59. The lowest BCUT2D eigenvalue weighted by Crippen LogP contribution is -2.29. The number of carbonyl (C=O) groups excluding carboxylic acids is 1. The molecule has 0 bridgehead atoms. The Labute approximate surface area is 110 Å². The highest BCUT2D eigenvalue weighted by molar-refractivity contribution is 6.30. The van der Waals surface area contributed by atoms with E-state index >= 15 is 0 Å². The summed E-state index contributed by atoms with van der Waals surface area (Å²) in [5.74, 6) is 0.156. The Morgan fingerprint density at radius 1 is 1.67 bits per heavy atom. The number of hydrogen-bond acceptors (Lipinski definition) is 4. The summed E-state index contributed by atoms with van der Waals surface area (Å²) >= 11 is 5.87. The standard InChI is InChI=1S/C12H14ClN3O2/c1-8(15)10-6-9(13)2-3-11(10)18-7-12(17)16-5-4-14/h2-3,6,8H,5,7,15H2,1H3,(H,16,17). The van der Waals surface area contributed by atoms with Crippen LogP contribution in [-0.2, 0) is 4.79 Å². The van der Waals surface area contributed by atoms with E-state index < -0.39 is 0 Å². The van der Waals surface area contributed by atoms with Gasteiger partial charge in [0.15, 0.2) is 6.61 Å². The van der Waals surface area contributed by atoms with Gasteiger partial charge in [-0.25, -0.2) is 0 Å². The maximum Gasteiger partial charge on any atom is 0.258 e. The van der Waals surface area contributed by atoms with E-state index in [1.54, 1.807) is 25.1 Å². The molecule has 1 amide bonds. The second-order valence-electron chi connectivity index (χ2n) is 3.69. The molecular formula is C12H14ClN3O2. The average molecular weight is 268 g/mol. The molecule has 0 heterocycles. The zero-order valence-electron chi connectivity index (χ0n) is 9.94. The van der Waals surface area contributed by atoms with E-state index in [2.05, 4.69) is 5.32 Å². The van der Waals surface area contributed by atoms with Crippen LogP contribution in [-0.4, -0.2) is 19.1 Å². The van der Waals surface area contributed by atoms with Gasteiger partial charge < -0.3 is 15.8 Å². The van der Waals surface area contributed by atoms with Gasteiger partial charge in [-0.2, -0.15) is 5.26 Å². The fraction of sp³-hybridized carbons (Fsp3) is 0.333. The Morgan fingerprint density at radius 2 is 2.39 bits per heavy atom. The second kappa shape index (κ2) is 6.84. The quantitative estimate of drug-likeness (QED) is 0.789. The maximum atomic E-state index is 11.3. The summed E-state index contributed by atoms with van der Waals surface area (Å²) in [6.45, 7) is 1.60. The molecule has 18 heavy (non-hydrogen) atoms. The van der Waals surface area contributed by atoms with Crippen LogP contribution >= 0.6 is 11.6 Å². The lowest BCUT2D eigenvalue weighted by molar-refractivity contribution is -0.122. The van der Waals surface area contributed by atoms with Crippen LogP contribution in [0.1, 0.15) is 18.5 Å². The molecule has 6 heteroatoms. The van der Waals surface area contributed by atoms with Crippen molar-refractivity contribution in [2.75, 3.05) is 13.2 Å². The van der Waals surface area contributed by atoms with Gasteiger partial charge in [-0.15, -0.1) is 0 Å². The lowest BCUT2D eigenvalue weighted by atomic mass is 10.1. The van der Waals surface area contributed by atoms with Crippen molar-refractivity contribution in [3.05, 3.63) is 28.8 Å². The molecule has 3 N–H and O–H groups in total. The van der Waals surface area contributed by atoms with Crippen molar-refractivity contribution >= 4 is 17.5 Å². The van der Waals surface area contributed by atoms with Gasteiger partial charge in [0.05, 0.1) is 6.07 Å². The van der Waals surface area contributed by atoms with Crippen molar-refractivity contribution in [2.45, 2.75) is 13.0 Å². The Hall–Kier alpha value is -1.77. The van der Waals surface area contributed by atoms with Crippen LogP contribution in [0.4, 0.5) is 0 Å². The first-order valence-corrected chi connectivity index (χ1v) is 5.74. The van der Waals surface area contributed by atoms with Gasteiger partial charge in [0.2, 0.25) is 0 Å². The van der Waals surface area contributed by atoms with Gasteiger partial charge in [0.1, 0.15) is 12.3 Å². The lowest BCUT2D eigenvalue weighted by Gasteiger charge is -2.14. The number of halogens is 1. The summed E-state index contributed by atoms with van der Waals surface area (Å²) in [4.78, 5) is 11.3. The normalized spacial score (nSPS) is 11.4. The third-order valence-electron chi connectivity index (χ3n) is 2.19. The molecule has 0 aliphatic heterocycles. The second-order valence-corrected chi connectivity index (χ2v) is 4.13. The summed E-state index contributed by atoms with van der Waals surface area (Å²) in [6.07, 6.45) is 0. The van der Waals surface area contributed by atoms with Crippen molar-refractivity contribution in [3.8, 4) is 11.8 Å². The van der Waals surface area contributed by atoms with E-state index in [0.717, 1.165) is 5.56 Å².